The zero-order chi connectivity index (χ0) is 15.1. The van der Waals surface area contributed by atoms with Gasteiger partial charge in [-0.2, -0.15) is 0 Å². The topological polar surface area (TPSA) is 75.0 Å². The first kappa shape index (κ1) is 13.4. The predicted molar refractivity (Wildman–Crippen MR) is 81.9 cm³/mol. The normalized spacial score (nSPS) is 11.2. The van der Waals surface area contributed by atoms with E-state index in [4.69, 9.17) is 4.74 Å². The lowest BCUT2D eigenvalue weighted by Gasteiger charge is -2.05. The van der Waals surface area contributed by atoms with Crippen LogP contribution in [0.5, 0.6) is 0 Å². The minimum Gasteiger partial charge on any atom is -0.462 e. The van der Waals surface area contributed by atoms with E-state index < -0.39 is 5.97 Å². The molecular formula is C16H16N2O3. The first-order valence-electron chi connectivity index (χ1n) is 6.85. The van der Waals surface area contributed by atoms with Gasteiger partial charge >= 0.3 is 5.97 Å². The third-order valence-electron chi connectivity index (χ3n) is 3.80. The molecule has 0 aliphatic heterocycles. The van der Waals surface area contributed by atoms with Crippen molar-refractivity contribution >= 4 is 27.8 Å². The van der Waals surface area contributed by atoms with Crippen molar-refractivity contribution in [2.24, 2.45) is 0 Å². The van der Waals surface area contributed by atoms with E-state index in [2.05, 4.69) is 9.97 Å². The molecule has 0 amide bonds. The summed E-state index contributed by atoms with van der Waals surface area (Å²) in [6.07, 6.45) is 1.42. The summed E-state index contributed by atoms with van der Waals surface area (Å²) in [7, 11) is 0. The average molecular weight is 284 g/mol. The van der Waals surface area contributed by atoms with Crippen molar-refractivity contribution in [3.05, 3.63) is 45.4 Å². The molecule has 0 atom stereocenters. The molecule has 21 heavy (non-hydrogen) atoms. The molecule has 3 rings (SSSR count). The maximum absolute atomic E-state index is 12.7. The van der Waals surface area contributed by atoms with Gasteiger partial charge in [-0.05, 0) is 38.5 Å². The van der Waals surface area contributed by atoms with Crippen molar-refractivity contribution in [3.63, 3.8) is 0 Å². The van der Waals surface area contributed by atoms with Gasteiger partial charge in [-0.15, -0.1) is 0 Å². The highest BCUT2D eigenvalue weighted by Gasteiger charge is 2.17. The Morgan fingerprint density at radius 1 is 1.19 bits per heavy atom. The highest BCUT2D eigenvalue weighted by molar-refractivity contribution is 6.09. The number of hydrogen-bond acceptors (Lipinski definition) is 3. The number of carbonyl (C=O) groups excluding carboxylic acids is 1. The number of benzene rings is 1. The van der Waals surface area contributed by atoms with Crippen LogP contribution in [-0.2, 0) is 4.74 Å². The molecular weight excluding hydrogens is 268 g/mol. The smallest absolute Gasteiger partial charge is 0.343 e. The van der Waals surface area contributed by atoms with Crippen molar-refractivity contribution in [2.75, 3.05) is 6.61 Å². The fourth-order valence-electron chi connectivity index (χ4n) is 2.65. The molecule has 0 radical (unpaired) electrons. The number of aromatic nitrogens is 2. The van der Waals surface area contributed by atoms with Crippen LogP contribution in [0.25, 0.3) is 21.8 Å². The molecule has 0 spiro atoms. The van der Waals surface area contributed by atoms with Crippen LogP contribution >= 0.6 is 0 Å². The first-order chi connectivity index (χ1) is 10.0. The molecule has 2 aromatic heterocycles. The molecule has 3 aromatic rings. The summed E-state index contributed by atoms with van der Waals surface area (Å²) in [6, 6.07) is 3.76. The molecule has 5 nitrogen and oxygen atoms in total. The van der Waals surface area contributed by atoms with E-state index >= 15 is 0 Å². The van der Waals surface area contributed by atoms with Crippen LogP contribution in [0.4, 0.5) is 0 Å². The summed E-state index contributed by atoms with van der Waals surface area (Å²) >= 11 is 0. The van der Waals surface area contributed by atoms with Crippen LogP contribution < -0.4 is 5.43 Å². The maximum atomic E-state index is 12.7. The lowest BCUT2D eigenvalue weighted by molar-refractivity contribution is 0.0524. The number of fused-ring (bicyclic) bond motifs is 3. The van der Waals surface area contributed by atoms with E-state index in [9.17, 15) is 9.59 Å². The minimum atomic E-state index is -0.595. The zero-order valence-corrected chi connectivity index (χ0v) is 12.2. The number of aryl methyl sites for hydroxylation is 2. The molecule has 0 unspecified atom stereocenters. The monoisotopic (exact) mass is 284 g/mol. The van der Waals surface area contributed by atoms with Crippen molar-refractivity contribution in [2.45, 2.75) is 20.8 Å². The summed E-state index contributed by atoms with van der Waals surface area (Å²) in [4.78, 5) is 30.8. The van der Waals surface area contributed by atoms with E-state index in [1.807, 2.05) is 26.0 Å². The van der Waals surface area contributed by atoms with Gasteiger partial charge in [0, 0.05) is 22.8 Å². The number of esters is 1. The molecule has 2 heterocycles. The Balaban J connectivity index is 2.43. The summed E-state index contributed by atoms with van der Waals surface area (Å²) in [5, 5.41) is 1.39. The standard InChI is InChI=1S/C16H16N2O3/c1-4-21-16(20)10-7-17-11-5-6-12-13(14(11)15(10)19)8(2)9(3)18-12/h5-7,18H,4H2,1-3H3,(H,17,19). The Hall–Kier alpha value is -2.56. The Kier molecular flexibility index (Phi) is 3.05. The van der Waals surface area contributed by atoms with Crippen molar-refractivity contribution in [1.82, 2.24) is 9.97 Å². The first-order valence-corrected chi connectivity index (χ1v) is 6.85. The van der Waals surface area contributed by atoms with Crippen LogP contribution in [0.2, 0.25) is 0 Å². The van der Waals surface area contributed by atoms with Gasteiger partial charge in [0.05, 0.1) is 17.5 Å². The lowest BCUT2D eigenvalue weighted by Crippen LogP contribution is -2.18. The number of H-pyrrole nitrogens is 2. The molecule has 1 aromatic carbocycles. The van der Waals surface area contributed by atoms with Gasteiger partial charge in [-0.25, -0.2) is 4.79 Å². The Bertz CT molecular complexity index is 919. The van der Waals surface area contributed by atoms with Gasteiger partial charge in [-0.3, -0.25) is 4.79 Å². The van der Waals surface area contributed by atoms with Gasteiger partial charge < -0.3 is 14.7 Å². The molecule has 0 saturated carbocycles. The van der Waals surface area contributed by atoms with Crippen molar-refractivity contribution < 1.29 is 9.53 Å². The highest BCUT2D eigenvalue weighted by Crippen LogP contribution is 2.27. The lowest BCUT2D eigenvalue weighted by atomic mass is 10.0. The average Bonchev–Trinajstić information content (AvgIpc) is 2.75. The summed E-state index contributed by atoms with van der Waals surface area (Å²) in [5.74, 6) is -0.595. The molecule has 2 N–H and O–H groups in total. The maximum Gasteiger partial charge on any atom is 0.343 e. The Labute approximate surface area is 120 Å². The quantitative estimate of drug-likeness (QED) is 0.710. The van der Waals surface area contributed by atoms with Crippen molar-refractivity contribution in [3.8, 4) is 0 Å². The minimum absolute atomic E-state index is 0.0371. The largest absolute Gasteiger partial charge is 0.462 e. The van der Waals surface area contributed by atoms with Gasteiger partial charge in [0.2, 0.25) is 5.43 Å². The zero-order valence-electron chi connectivity index (χ0n) is 12.2. The van der Waals surface area contributed by atoms with Crippen LogP contribution in [-0.4, -0.2) is 22.5 Å². The van der Waals surface area contributed by atoms with Gasteiger partial charge in [-0.1, -0.05) is 0 Å². The second-order valence-corrected chi connectivity index (χ2v) is 5.04. The van der Waals surface area contributed by atoms with Gasteiger partial charge in [0.1, 0.15) is 5.56 Å². The molecule has 0 fully saturated rings. The summed E-state index contributed by atoms with van der Waals surface area (Å²) in [6.45, 7) is 5.88. The van der Waals surface area contributed by atoms with E-state index in [1.165, 1.54) is 6.20 Å². The molecule has 5 heteroatoms. The number of rotatable bonds is 2. The number of pyridine rings is 1. The van der Waals surface area contributed by atoms with E-state index in [-0.39, 0.29) is 17.6 Å². The van der Waals surface area contributed by atoms with E-state index in [1.54, 1.807) is 6.92 Å². The fraction of sp³-hybridized carbons (Fsp3) is 0.250. The predicted octanol–water partition coefficient (Wildman–Crippen LogP) is 2.80. The molecule has 0 aliphatic rings. The SMILES string of the molecule is CCOC(=O)c1c[nH]c2ccc3[nH]c(C)c(C)c3c2c1=O. The molecule has 108 valence electrons. The number of carbonyl (C=O) groups is 1. The van der Waals surface area contributed by atoms with Gasteiger partial charge in [0.25, 0.3) is 0 Å². The Morgan fingerprint density at radius 2 is 1.90 bits per heavy atom. The van der Waals surface area contributed by atoms with E-state index in [0.29, 0.717) is 10.9 Å². The number of aromatic amines is 2. The highest BCUT2D eigenvalue weighted by atomic mass is 16.5. The second kappa shape index (κ2) is 4.77. The molecule has 0 bridgehead atoms. The summed E-state index contributed by atoms with van der Waals surface area (Å²) in [5.41, 5.74) is 3.37. The van der Waals surface area contributed by atoms with Crippen LogP contribution in [0.3, 0.4) is 0 Å². The third-order valence-corrected chi connectivity index (χ3v) is 3.80. The molecule has 0 saturated heterocycles. The molecule has 0 aliphatic carbocycles. The number of nitrogens with one attached hydrogen (secondary N) is 2. The number of ether oxygens (including phenoxy) is 1. The van der Waals surface area contributed by atoms with Crippen LogP contribution in [0, 0.1) is 13.8 Å². The van der Waals surface area contributed by atoms with Gasteiger partial charge in [0.15, 0.2) is 0 Å². The number of hydrogen-bond donors (Lipinski definition) is 2. The Morgan fingerprint density at radius 3 is 2.62 bits per heavy atom. The third kappa shape index (κ3) is 1.93. The van der Waals surface area contributed by atoms with E-state index in [0.717, 1.165) is 22.2 Å². The fourth-order valence-corrected chi connectivity index (χ4v) is 2.65. The van der Waals surface area contributed by atoms with Crippen molar-refractivity contribution in [1.29, 1.82) is 0 Å². The summed E-state index contributed by atoms with van der Waals surface area (Å²) < 4.78 is 4.94. The second-order valence-electron chi connectivity index (χ2n) is 5.04. The van der Waals surface area contributed by atoms with Crippen LogP contribution in [0.1, 0.15) is 28.5 Å². The van der Waals surface area contributed by atoms with Crippen LogP contribution in [0.15, 0.2) is 23.1 Å².